The van der Waals surface area contributed by atoms with Gasteiger partial charge in [-0.1, -0.05) is 6.07 Å². The fourth-order valence-corrected chi connectivity index (χ4v) is 1.39. The van der Waals surface area contributed by atoms with E-state index in [0.717, 1.165) is 11.4 Å². The zero-order valence-electron chi connectivity index (χ0n) is 11.8. The van der Waals surface area contributed by atoms with E-state index in [2.05, 4.69) is 24.1 Å². The summed E-state index contributed by atoms with van der Waals surface area (Å²) in [6, 6.07) is 8.16. The van der Waals surface area contributed by atoms with E-state index in [1.165, 1.54) is 0 Å². The van der Waals surface area contributed by atoms with Crippen molar-refractivity contribution in [3.05, 3.63) is 24.3 Å². The van der Waals surface area contributed by atoms with Crippen molar-refractivity contribution < 1.29 is 4.79 Å². The quantitative estimate of drug-likeness (QED) is 0.860. The predicted octanol–water partition coefficient (Wildman–Crippen LogP) is 2.21. The van der Waals surface area contributed by atoms with Gasteiger partial charge in [-0.2, -0.15) is 0 Å². The molecule has 0 radical (unpaired) electrons. The molecule has 1 amide bonds. The van der Waals surface area contributed by atoms with Crippen LogP contribution in [0.1, 0.15) is 27.7 Å². The van der Waals surface area contributed by atoms with Crippen molar-refractivity contribution in [2.24, 2.45) is 5.73 Å². The fourth-order valence-electron chi connectivity index (χ4n) is 1.39. The second kappa shape index (κ2) is 5.40. The summed E-state index contributed by atoms with van der Waals surface area (Å²) < 4.78 is 0. The zero-order chi connectivity index (χ0) is 13.9. The summed E-state index contributed by atoms with van der Waals surface area (Å²) in [5.74, 6) is -0.188. The number of nitrogens with zero attached hydrogens (tertiary/aromatic N) is 1. The molecule has 4 heteroatoms. The number of anilines is 2. The van der Waals surface area contributed by atoms with Crippen LogP contribution in [0.25, 0.3) is 0 Å². The lowest BCUT2D eigenvalue weighted by atomic mass is 10.1. The van der Waals surface area contributed by atoms with Gasteiger partial charge in [-0.15, -0.1) is 0 Å². The van der Waals surface area contributed by atoms with Crippen LogP contribution in [0.5, 0.6) is 0 Å². The number of carbonyl (C=O) groups is 1. The molecule has 0 saturated heterocycles. The van der Waals surface area contributed by atoms with Crippen molar-refractivity contribution in [2.75, 3.05) is 17.3 Å². The van der Waals surface area contributed by atoms with Crippen LogP contribution in [0.2, 0.25) is 0 Å². The average Bonchev–Trinajstić information content (AvgIpc) is 2.27. The lowest BCUT2D eigenvalue weighted by Crippen LogP contribution is -2.45. The third-order valence-electron chi connectivity index (χ3n) is 2.87. The smallest absolute Gasteiger partial charge is 0.243 e. The molecular formula is C14H23N3O. The van der Waals surface area contributed by atoms with Crippen LogP contribution in [-0.4, -0.2) is 24.5 Å². The molecule has 0 aliphatic carbocycles. The normalized spacial score (nSPS) is 11.5. The minimum absolute atomic E-state index is 0.188. The first-order valence-electron chi connectivity index (χ1n) is 6.15. The van der Waals surface area contributed by atoms with E-state index in [0.29, 0.717) is 6.04 Å². The fraction of sp³-hybridized carbons (Fsp3) is 0.500. The van der Waals surface area contributed by atoms with Gasteiger partial charge in [0.1, 0.15) is 0 Å². The molecule has 0 atom stereocenters. The van der Waals surface area contributed by atoms with E-state index in [-0.39, 0.29) is 5.91 Å². The van der Waals surface area contributed by atoms with Gasteiger partial charge in [0, 0.05) is 24.5 Å². The van der Waals surface area contributed by atoms with Gasteiger partial charge in [-0.3, -0.25) is 4.79 Å². The first-order chi connectivity index (χ1) is 8.21. The minimum Gasteiger partial charge on any atom is -0.372 e. The van der Waals surface area contributed by atoms with Crippen LogP contribution in [0.3, 0.4) is 0 Å². The van der Waals surface area contributed by atoms with Crippen LogP contribution in [-0.2, 0) is 4.79 Å². The molecule has 1 aromatic rings. The van der Waals surface area contributed by atoms with Gasteiger partial charge in [0.05, 0.1) is 5.54 Å². The Morgan fingerprint density at radius 2 is 2.00 bits per heavy atom. The highest BCUT2D eigenvalue weighted by molar-refractivity contribution is 5.97. The molecule has 0 heterocycles. The molecule has 0 aromatic heterocycles. The Morgan fingerprint density at radius 1 is 1.39 bits per heavy atom. The molecule has 0 bridgehead atoms. The lowest BCUT2D eigenvalue weighted by Gasteiger charge is -2.25. The Morgan fingerprint density at radius 3 is 2.50 bits per heavy atom. The lowest BCUT2D eigenvalue weighted by molar-refractivity contribution is -0.120. The zero-order valence-corrected chi connectivity index (χ0v) is 11.8. The molecule has 0 saturated carbocycles. The van der Waals surface area contributed by atoms with Gasteiger partial charge in [-0.25, -0.2) is 0 Å². The molecule has 0 spiro atoms. The second-order valence-corrected chi connectivity index (χ2v) is 5.43. The topological polar surface area (TPSA) is 58.4 Å². The molecule has 0 aliphatic rings. The molecular weight excluding hydrogens is 226 g/mol. The molecule has 100 valence electrons. The van der Waals surface area contributed by atoms with E-state index in [4.69, 9.17) is 5.73 Å². The summed E-state index contributed by atoms with van der Waals surface area (Å²) in [6.07, 6.45) is 0. The maximum Gasteiger partial charge on any atom is 0.243 e. The van der Waals surface area contributed by atoms with Gasteiger partial charge in [-0.05, 0) is 45.9 Å². The Hall–Kier alpha value is -1.55. The van der Waals surface area contributed by atoms with Gasteiger partial charge in [0.15, 0.2) is 0 Å². The second-order valence-electron chi connectivity index (χ2n) is 5.43. The number of nitrogens with one attached hydrogen (secondary N) is 1. The molecule has 0 aliphatic heterocycles. The molecule has 0 unspecified atom stereocenters. The van der Waals surface area contributed by atoms with Gasteiger partial charge in [0.25, 0.3) is 0 Å². The van der Waals surface area contributed by atoms with Crippen molar-refractivity contribution in [3.63, 3.8) is 0 Å². The summed E-state index contributed by atoms with van der Waals surface area (Å²) in [6.45, 7) is 7.61. The highest BCUT2D eigenvalue weighted by atomic mass is 16.2. The van der Waals surface area contributed by atoms with Gasteiger partial charge in [0.2, 0.25) is 5.91 Å². The van der Waals surface area contributed by atoms with Crippen LogP contribution < -0.4 is 16.0 Å². The first kappa shape index (κ1) is 14.5. The van der Waals surface area contributed by atoms with E-state index in [9.17, 15) is 4.79 Å². The summed E-state index contributed by atoms with van der Waals surface area (Å²) in [5, 5.41) is 2.83. The van der Waals surface area contributed by atoms with E-state index >= 15 is 0 Å². The van der Waals surface area contributed by atoms with Crippen molar-refractivity contribution in [1.29, 1.82) is 0 Å². The van der Waals surface area contributed by atoms with Crippen LogP contribution in [0, 0.1) is 0 Å². The SMILES string of the molecule is CC(C)N(C)c1cccc(NC(=O)C(C)(C)N)c1. The average molecular weight is 249 g/mol. The maximum atomic E-state index is 11.8. The largest absolute Gasteiger partial charge is 0.372 e. The Balaban J connectivity index is 2.87. The summed E-state index contributed by atoms with van der Waals surface area (Å²) in [7, 11) is 2.03. The maximum absolute atomic E-state index is 11.8. The molecule has 1 rings (SSSR count). The van der Waals surface area contributed by atoms with Crippen molar-refractivity contribution in [2.45, 2.75) is 39.3 Å². The predicted molar refractivity (Wildman–Crippen MR) is 76.9 cm³/mol. The Bertz CT molecular complexity index is 421. The Labute approximate surface area is 109 Å². The standard InChI is InChI=1S/C14H23N3O/c1-10(2)17(5)12-8-6-7-11(9-12)16-13(18)14(3,4)15/h6-10H,15H2,1-5H3,(H,16,18). The molecule has 18 heavy (non-hydrogen) atoms. The highest BCUT2D eigenvalue weighted by Gasteiger charge is 2.21. The number of rotatable bonds is 4. The Kier molecular flexibility index (Phi) is 4.35. The third kappa shape index (κ3) is 3.74. The molecule has 3 N–H and O–H groups in total. The molecule has 1 aromatic carbocycles. The summed E-state index contributed by atoms with van der Waals surface area (Å²) in [5.41, 5.74) is 6.71. The van der Waals surface area contributed by atoms with E-state index in [1.54, 1.807) is 13.8 Å². The first-order valence-corrected chi connectivity index (χ1v) is 6.15. The number of nitrogens with two attached hydrogens (primary N) is 1. The van der Waals surface area contributed by atoms with Gasteiger partial charge >= 0.3 is 0 Å². The summed E-state index contributed by atoms with van der Waals surface area (Å²) in [4.78, 5) is 13.9. The monoisotopic (exact) mass is 249 g/mol. The molecule has 0 fully saturated rings. The number of benzene rings is 1. The number of hydrogen-bond acceptors (Lipinski definition) is 3. The van der Waals surface area contributed by atoms with E-state index < -0.39 is 5.54 Å². The third-order valence-corrected chi connectivity index (χ3v) is 2.87. The van der Waals surface area contributed by atoms with Crippen molar-refractivity contribution in [3.8, 4) is 0 Å². The van der Waals surface area contributed by atoms with Crippen LogP contribution in [0.15, 0.2) is 24.3 Å². The highest BCUT2D eigenvalue weighted by Crippen LogP contribution is 2.20. The minimum atomic E-state index is -0.875. The van der Waals surface area contributed by atoms with E-state index in [1.807, 2.05) is 31.3 Å². The van der Waals surface area contributed by atoms with Gasteiger partial charge < -0.3 is 16.0 Å². The van der Waals surface area contributed by atoms with Crippen LogP contribution in [0.4, 0.5) is 11.4 Å². The summed E-state index contributed by atoms with van der Waals surface area (Å²) >= 11 is 0. The van der Waals surface area contributed by atoms with Crippen molar-refractivity contribution >= 4 is 17.3 Å². The van der Waals surface area contributed by atoms with Crippen molar-refractivity contribution in [1.82, 2.24) is 0 Å². The number of carbonyl (C=O) groups excluding carboxylic acids is 1. The number of hydrogen-bond donors (Lipinski definition) is 2. The van der Waals surface area contributed by atoms with Crippen LogP contribution >= 0.6 is 0 Å². The number of amides is 1. The molecule has 4 nitrogen and oxygen atoms in total.